The summed E-state index contributed by atoms with van der Waals surface area (Å²) in [6.45, 7) is 3.59. The second-order valence-corrected chi connectivity index (χ2v) is 4.09. The average molecular weight is 271 g/mol. The molecular formula is C12H12BrFO. The number of halogens is 2. The largest absolute Gasteiger partial charge is 0.294 e. The molecule has 0 aliphatic rings. The van der Waals surface area contributed by atoms with Gasteiger partial charge >= 0.3 is 0 Å². The molecule has 0 bridgehead atoms. The van der Waals surface area contributed by atoms with Gasteiger partial charge in [-0.2, -0.15) is 0 Å². The number of ketones is 1. The number of benzene rings is 1. The Balaban J connectivity index is 2.65. The second-order valence-electron chi connectivity index (χ2n) is 3.23. The number of rotatable bonds is 5. The van der Waals surface area contributed by atoms with Crippen molar-refractivity contribution < 1.29 is 9.18 Å². The quantitative estimate of drug-likeness (QED) is 0.447. The van der Waals surface area contributed by atoms with E-state index in [0.29, 0.717) is 16.5 Å². The van der Waals surface area contributed by atoms with Gasteiger partial charge in [-0.3, -0.25) is 4.79 Å². The first kappa shape index (κ1) is 12.1. The molecule has 0 spiro atoms. The number of carbonyl (C=O) groups excluding carboxylic acids is 1. The van der Waals surface area contributed by atoms with Gasteiger partial charge < -0.3 is 0 Å². The first-order chi connectivity index (χ1) is 7.15. The lowest BCUT2D eigenvalue weighted by atomic mass is 10.1. The van der Waals surface area contributed by atoms with Gasteiger partial charge in [0, 0.05) is 12.0 Å². The predicted octanol–water partition coefficient (Wildman–Crippen LogP) is 4.13. The Morgan fingerprint density at radius 2 is 2.27 bits per heavy atom. The molecule has 0 aromatic heterocycles. The maximum absolute atomic E-state index is 12.9. The molecule has 1 nitrogen and oxygen atoms in total. The molecule has 0 saturated heterocycles. The van der Waals surface area contributed by atoms with Crippen molar-refractivity contribution in [2.24, 2.45) is 0 Å². The van der Waals surface area contributed by atoms with Crippen molar-refractivity contribution in [3.63, 3.8) is 0 Å². The monoisotopic (exact) mass is 270 g/mol. The fourth-order valence-electron chi connectivity index (χ4n) is 1.22. The summed E-state index contributed by atoms with van der Waals surface area (Å²) in [7, 11) is 0. The van der Waals surface area contributed by atoms with E-state index in [1.165, 1.54) is 18.2 Å². The molecule has 0 N–H and O–H groups in total. The SMILES string of the molecule is C=CCCCC(=O)c1ccc(F)c(Br)c1. The highest BCUT2D eigenvalue weighted by Gasteiger charge is 2.07. The number of Topliss-reactive ketones (excluding diaryl/α,β-unsaturated/α-hetero) is 1. The van der Waals surface area contributed by atoms with Crippen LogP contribution in [0.25, 0.3) is 0 Å². The summed E-state index contributed by atoms with van der Waals surface area (Å²) in [5.74, 6) is -0.310. The van der Waals surface area contributed by atoms with Crippen molar-refractivity contribution in [2.75, 3.05) is 0 Å². The molecule has 1 aromatic carbocycles. The summed E-state index contributed by atoms with van der Waals surface area (Å²) < 4.78 is 13.2. The van der Waals surface area contributed by atoms with Crippen LogP contribution in [0.1, 0.15) is 29.6 Å². The molecule has 0 amide bonds. The molecule has 0 radical (unpaired) electrons. The van der Waals surface area contributed by atoms with Crippen LogP contribution in [0.5, 0.6) is 0 Å². The third-order valence-electron chi connectivity index (χ3n) is 2.05. The third kappa shape index (κ3) is 3.59. The highest BCUT2D eigenvalue weighted by molar-refractivity contribution is 9.10. The Labute approximate surface area is 97.1 Å². The minimum absolute atomic E-state index is 0.0394. The Morgan fingerprint density at radius 3 is 2.87 bits per heavy atom. The third-order valence-corrected chi connectivity index (χ3v) is 2.66. The molecule has 0 aliphatic heterocycles. The molecule has 80 valence electrons. The Morgan fingerprint density at radius 1 is 1.53 bits per heavy atom. The van der Waals surface area contributed by atoms with Crippen LogP contribution in [-0.4, -0.2) is 5.78 Å². The number of unbranched alkanes of at least 4 members (excludes halogenated alkanes) is 1. The van der Waals surface area contributed by atoms with Crippen molar-refractivity contribution in [1.29, 1.82) is 0 Å². The van der Waals surface area contributed by atoms with E-state index < -0.39 is 0 Å². The number of allylic oxidation sites excluding steroid dienone is 1. The molecular weight excluding hydrogens is 259 g/mol. The van der Waals surface area contributed by atoms with Gasteiger partial charge in [-0.25, -0.2) is 4.39 Å². The van der Waals surface area contributed by atoms with Crippen LogP contribution in [-0.2, 0) is 0 Å². The van der Waals surface area contributed by atoms with E-state index >= 15 is 0 Å². The van der Waals surface area contributed by atoms with Crippen molar-refractivity contribution in [1.82, 2.24) is 0 Å². The van der Waals surface area contributed by atoms with E-state index in [0.717, 1.165) is 12.8 Å². The average Bonchev–Trinajstić information content (AvgIpc) is 2.22. The smallest absolute Gasteiger partial charge is 0.162 e. The molecule has 1 rings (SSSR count). The van der Waals surface area contributed by atoms with Gasteiger partial charge in [0.05, 0.1) is 4.47 Å². The predicted molar refractivity (Wildman–Crippen MR) is 62.5 cm³/mol. The zero-order valence-electron chi connectivity index (χ0n) is 8.30. The Hall–Kier alpha value is -0.960. The van der Waals surface area contributed by atoms with Gasteiger partial charge in [-0.05, 0) is 47.0 Å². The maximum Gasteiger partial charge on any atom is 0.162 e. The van der Waals surface area contributed by atoms with Crippen molar-refractivity contribution in [2.45, 2.75) is 19.3 Å². The van der Waals surface area contributed by atoms with Gasteiger partial charge in [0.1, 0.15) is 5.82 Å². The minimum atomic E-state index is -0.349. The summed E-state index contributed by atoms with van der Waals surface area (Å²) in [5.41, 5.74) is 0.548. The zero-order chi connectivity index (χ0) is 11.3. The van der Waals surface area contributed by atoms with Crippen LogP contribution in [0.2, 0.25) is 0 Å². The zero-order valence-corrected chi connectivity index (χ0v) is 9.89. The normalized spacial score (nSPS) is 10.0. The molecule has 0 fully saturated rings. The maximum atomic E-state index is 12.9. The van der Waals surface area contributed by atoms with E-state index in [2.05, 4.69) is 22.5 Å². The molecule has 0 aliphatic carbocycles. The summed E-state index contributed by atoms with van der Waals surface area (Å²) in [4.78, 5) is 11.6. The van der Waals surface area contributed by atoms with Crippen LogP contribution in [0, 0.1) is 5.82 Å². The lowest BCUT2D eigenvalue weighted by Crippen LogP contribution is -1.99. The van der Waals surface area contributed by atoms with Crippen molar-refractivity contribution in [3.05, 3.63) is 46.7 Å². The van der Waals surface area contributed by atoms with Crippen molar-refractivity contribution in [3.8, 4) is 0 Å². The lowest BCUT2D eigenvalue weighted by molar-refractivity contribution is 0.0980. The highest BCUT2D eigenvalue weighted by Crippen LogP contribution is 2.18. The Kier molecular flexibility index (Phi) is 4.69. The van der Waals surface area contributed by atoms with Crippen LogP contribution in [0.3, 0.4) is 0 Å². The topological polar surface area (TPSA) is 17.1 Å². The molecule has 0 atom stereocenters. The first-order valence-corrected chi connectivity index (χ1v) is 5.53. The van der Waals surface area contributed by atoms with Gasteiger partial charge in [0.25, 0.3) is 0 Å². The number of hydrogen-bond donors (Lipinski definition) is 0. The van der Waals surface area contributed by atoms with E-state index in [4.69, 9.17) is 0 Å². The number of carbonyl (C=O) groups is 1. The second kappa shape index (κ2) is 5.81. The molecule has 0 heterocycles. The van der Waals surface area contributed by atoms with E-state index in [9.17, 15) is 9.18 Å². The standard InChI is InChI=1S/C12H12BrFO/c1-2-3-4-5-12(15)9-6-7-11(14)10(13)8-9/h2,6-8H,1,3-5H2. The fraction of sp³-hybridized carbons (Fsp3) is 0.250. The summed E-state index contributed by atoms with van der Waals surface area (Å²) >= 11 is 3.05. The van der Waals surface area contributed by atoms with E-state index in [1.54, 1.807) is 6.08 Å². The Bertz CT molecular complexity index is 374. The van der Waals surface area contributed by atoms with Gasteiger partial charge in [-0.1, -0.05) is 6.08 Å². The van der Waals surface area contributed by atoms with E-state index in [1.807, 2.05) is 0 Å². The van der Waals surface area contributed by atoms with Crippen LogP contribution in [0.4, 0.5) is 4.39 Å². The lowest BCUT2D eigenvalue weighted by Gasteiger charge is -2.01. The van der Waals surface area contributed by atoms with Crippen LogP contribution < -0.4 is 0 Å². The molecule has 0 unspecified atom stereocenters. The first-order valence-electron chi connectivity index (χ1n) is 4.74. The molecule has 3 heteroatoms. The highest BCUT2D eigenvalue weighted by atomic mass is 79.9. The molecule has 0 saturated carbocycles. The fourth-order valence-corrected chi connectivity index (χ4v) is 1.60. The number of hydrogen-bond acceptors (Lipinski definition) is 1. The van der Waals surface area contributed by atoms with Gasteiger partial charge in [0.2, 0.25) is 0 Å². The molecule has 1 aromatic rings. The van der Waals surface area contributed by atoms with Gasteiger partial charge in [-0.15, -0.1) is 6.58 Å². The minimum Gasteiger partial charge on any atom is -0.294 e. The summed E-state index contributed by atoms with van der Waals surface area (Å²) in [5, 5.41) is 0. The van der Waals surface area contributed by atoms with Crippen molar-refractivity contribution >= 4 is 21.7 Å². The van der Waals surface area contributed by atoms with Crippen LogP contribution in [0.15, 0.2) is 35.3 Å². The van der Waals surface area contributed by atoms with E-state index in [-0.39, 0.29) is 11.6 Å². The van der Waals surface area contributed by atoms with Crippen LogP contribution >= 0.6 is 15.9 Å². The summed E-state index contributed by atoms with van der Waals surface area (Å²) in [6.07, 6.45) is 3.88. The molecule has 15 heavy (non-hydrogen) atoms. The van der Waals surface area contributed by atoms with Gasteiger partial charge in [0.15, 0.2) is 5.78 Å². The summed E-state index contributed by atoms with van der Waals surface area (Å²) in [6, 6.07) is 4.33.